The number of rotatable bonds is 34. The van der Waals surface area contributed by atoms with E-state index in [1.807, 2.05) is 14.1 Å². The zero-order valence-electron chi connectivity index (χ0n) is 29.7. The number of esters is 1. The van der Waals surface area contributed by atoms with E-state index >= 15 is 0 Å². The van der Waals surface area contributed by atoms with Crippen molar-refractivity contribution < 1.29 is 31.8 Å². The minimum Gasteiger partial charge on any atom is -0.748 e. The van der Waals surface area contributed by atoms with Crippen LogP contribution in [0.1, 0.15) is 174 Å². The lowest BCUT2D eigenvalue weighted by molar-refractivity contribution is -0.888. The van der Waals surface area contributed by atoms with Crippen molar-refractivity contribution in [1.29, 1.82) is 0 Å². The number of nitrogens with one attached hydrogen (secondary N) is 1. The number of carbonyl (C=O) groups is 2. The van der Waals surface area contributed by atoms with E-state index in [1.54, 1.807) is 0 Å². The molecule has 1 N–H and O–H groups in total. The van der Waals surface area contributed by atoms with Gasteiger partial charge in [-0.15, -0.1) is 0 Å². The molecule has 9 heteroatoms. The summed E-state index contributed by atoms with van der Waals surface area (Å²) in [4.78, 5) is 24.0. The van der Waals surface area contributed by atoms with E-state index in [0.29, 0.717) is 37.0 Å². The molecular weight excluding hydrogens is 588 g/mol. The molecule has 0 bridgehead atoms. The lowest BCUT2D eigenvalue weighted by Gasteiger charge is -2.30. The maximum absolute atomic E-state index is 12.0. The number of unbranched alkanes of at least 4 members (excludes halogenated alkanes) is 21. The zero-order chi connectivity index (χ0) is 33.5. The molecule has 8 nitrogen and oxygen atoms in total. The van der Waals surface area contributed by atoms with Gasteiger partial charge in [0.2, 0.25) is 5.91 Å². The maximum atomic E-state index is 12.0. The van der Waals surface area contributed by atoms with Gasteiger partial charge in [0.25, 0.3) is 0 Å². The van der Waals surface area contributed by atoms with Gasteiger partial charge >= 0.3 is 5.97 Å². The molecule has 45 heavy (non-hydrogen) atoms. The highest BCUT2D eigenvalue weighted by Crippen LogP contribution is 2.14. The van der Waals surface area contributed by atoms with Gasteiger partial charge in [-0.1, -0.05) is 135 Å². The van der Waals surface area contributed by atoms with Crippen LogP contribution in [0.4, 0.5) is 0 Å². The Morgan fingerprint density at radius 3 is 1.49 bits per heavy atom. The summed E-state index contributed by atoms with van der Waals surface area (Å²) in [5.74, 6) is -0.330. The van der Waals surface area contributed by atoms with Gasteiger partial charge in [-0.25, -0.2) is 8.42 Å². The Labute approximate surface area is 278 Å². The second kappa shape index (κ2) is 30.2. The van der Waals surface area contributed by atoms with Crippen LogP contribution in [0.2, 0.25) is 0 Å². The molecule has 0 radical (unpaired) electrons. The molecule has 0 unspecified atom stereocenters. The van der Waals surface area contributed by atoms with Gasteiger partial charge in [0.05, 0.1) is 39.5 Å². The van der Waals surface area contributed by atoms with E-state index in [0.717, 1.165) is 57.8 Å². The summed E-state index contributed by atoms with van der Waals surface area (Å²) in [7, 11) is -0.404. The van der Waals surface area contributed by atoms with Crippen LogP contribution in [-0.2, 0) is 24.4 Å². The van der Waals surface area contributed by atoms with Gasteiger partial charge in [0, 0.05) is 25.8 Å². The fraction of sp³-hybridized carbons (Fsp3) is 0.944. The van der Waals surface area contributed by atoms with Crippen LogP contribution in [0.15, 0.2) is 0 Å². The van der Waals surface area contributed by atoms with Crippen LogP contribution in [0.3, 0.4) is 0 Å². The molecule has 0 heterocycles. The van der Waals surface area contributed by atoms with Crippen LogP contribution in [0, 0.1) is 0 Å². The van der Waals surface area contributed by atoms with E-state index in [-0.39, 0.29) is 24.2 Å². The fourth-order valence-electron chi connectivity index (χ4n) is 5.64. The van der Waals surface area contributed by atoms with Crippen molar-refractivity contribution in [2.75, 3.05) is 46.1 Å². The normalized spacial score (nSPS) is 12.0. The molecule has 0 saturated heterocycles. The standard InChI is InChI=1S/C36H72N2O6S/c1-4-5-6-7-8-9-10-11-12-13-14-15-19-22-25-29-36(40)44-33-26-23-20-17-16-18-21-24-28-35(39)37-30-27-31-38(2,3)32-34-45(41,42)43/h4-34H2,1-3H3,(H-,37,39,41,42,43). The number of ether oxygens (including phenoxy) is 1. The first-order valence-corrected chi connectivity index (χ1v) is 20.3. The highest BCUT2D eigenvalue weighted by molar-refractivity contribution is 7.85. The molecule has 0 aliphatic rings. The van der Waals surface area contributed by atoms with Crippen LogP contribution in [0.25, 0.3) is 0 Å². The van der Waals surface area contributed by atoms with Gasteiger partial charge < -0.3 is 19.1 Å². The Kier molecular flexibility index (Phi) is 29.4. The van der Waals surface area contributed by atoms with Crippen molar-refractivity contribution in [2.45, 2.75) is 174 Å². The van der Waals surface area contributed by atoms with E-state index in [2.05, 4.69) is 12.2 Å². The van der Waals surface area contributed by atoms with Gasteiger partial charge in [-0.3, -0.25) is 9.59 Å². The average molecular weight is 661 g/mol. The molecule has 268 valence electrons. The third-order valence-electron chi connectivity index (χ3n) is 8.75. The van der Waals surface area contributed by atoms with Gasteiger partial charge in [0.15, 0.2) is 0 Å². The molecular formula is C36H72N2O6S. The summed E-state index contributed by atoms with van der Waals surface area (Å²) in [6.07, 6.45) is 30.4. The number of carbonyl (C=O) groups excluding carboxylic acids is 2. The molecule has 0 aliphatic heterocycles. The first kappa shape index (κ1) is 43.8. The third-order valence-corrected chi connectivity index (χ3v) is 9.44. The third kappa shape index (κ3) is 35.5. The minimum atomic E-state index is -4.19. The quantitative estimate of drug-likeness (QED) is 0.0321. The smallest absolute Gasteiger partial charge is 0.305 e. The average Bonchev–Trinajstić information content (AvgIpc) is 2.98. The topological polar surface area (TPSA) is 113 Å². The number of hydrogen-bond donors (Lipinski definition) is 1. The monoisotopic (exact) mass is 661 g/mol. The molecule has 0 aromatic heterocycles. The molecule has 0 rings (SSSR count). The fourth-order valence-corrected chi connectivity index (χ4v) is 6.36. The number of amides is 1. The van der Waals surface area contributed by atoms with Crippen LogP contribution in [-0.4, -0.2) is 75.4 Å². The summed E-state index contributed by atoms with van der Waals surface area (Å²) in [6.45, 7) is 4.38. The number of hydrogen-bond acceptors (Lipinski definition) is 6. The Morgan fingerprint density at radius 2 is 1.02 bits per heavy atom. The highest BCUT2D eigenvalue weighted by atomic mass is 32.2. The predicted octanol–water partition coefficient (Wildman–Crippen LogP) is 8.43. The van der Waals surface area contributed by atoms with Gasteiger partial charge in [-0.05, 0) is 19.3 Å². The molecule has 0 atom stereocenters. The first-order chi connectivity index (χ1) is 21.6. The number of nitrogens with zero attached hydrogens (tertiary/aromatic N) is 1. The second-order valence-corrected chi connectivity index (χ2v) is 15.4. The molecule has 0 aromatic carbocycles. The lowest BCUT2D eigenvalue weighted by Crippen LogP contribution is -2.44. The first-order valence-electron chi connectivity index (χ1n) is 18.7. The second-order valence-electron chi connectivity index (χ2n) is 13.8. The highest BCUT2D eigenvalue weighted by Gasteiger charge is 2.16. The maximum Gasteiger partial charge on any atom is 0.305 e. The van der Waals surface area contributed by atoms with Crippen molar-refractivity contribution in [3.05, 3.63) is 0 Å². The summed E-state index contributed by atoms with van der Waals surface area (Å²) >= 11 is 0. The van der Waals surface area contributed by atoms with E-state index in [4.69, 9.17) is 4.74 Å². The van der Waals surface area contributed by atoms with Crippen molar-refractivity contribution in [3.63, 3.8) is 0 Å². The van der Waals surface area contributed by atoms with Crippen molar-refractivity contribution in [3.8, 4) is 0 Å². The molecule has 0 saturated carbocycles. The van der Waals surface area contributed by atoms with E-state index in [1.165, 1.54) is 96.3 Å². The summed E-state index contributed by atoms with van der Waals surface area (Å²) in [6, 6.07) is 0. The Morgan fingerprint density at radius 1 is 0.600 bits per heavy atom. The molecule has 0 spiro atoms. The lowest BCUT2D eigenvalue weighted by atomic mass is 10.0. The Hall–Kier alpha value is -1.19. The Balaban J connectivity index is 3.36. The van der Waals surface area contributed by atoms with Crippen LogP contribution >= 0.6 is 0 Å². The zero-order valence-corrected chi connectivity index (χ0v) is 30.5. The van der Waals surface area contributed by atoms with Crippen LogP contribution in [0.5, 0.6) is 0 Å². The summed E-state index contributed by atoms with van der Waals surface area (Å²) in [5.41, 5.74) is 0. The van der Waals surface area contributed by atoms with Crippen molar-refractivity contribution >= 4 is 22.0 Å². The summed E-state index contributed by atoms with van der Waals surface area (Å²) in [5, 5.41) is 2.94. The molecule has 1 amide bonds. The molecule has 0 fully saturated rings. The Bertz CT molecular complexity index is 803. The summed E-state index contributed by atoms with van der Waals surface area (Å²) < 4.78 is 38.3. The van der Waals surface area contributed by atoms with Crippen molar-refractivity contribution in [2.24, 2.45) is 0 Å². The minimum absolute atomic E-state index is 0.0369. The largest absolute Gasteiger partial charge is 0.748 e. The van der Waals surface area contributed by atoms with E-state index in [9.17, 15) is 22.6 Å². The van der Waals surface area contributed by atoms with E-state index < -0.39 is 10.1 Å². The van der Waals surface area contributed by atoms with Crippen molar-refractivity contribution in [1.82, 2.24) is 5.32 Å². The molecule has 0 aromatic rings. The predicted molar refractivity (Wildman–Crippen MR) is 186 cm³/mol. The van der Waals surface area contributed by atoms with Gasteiger partial charge in [0.1, 0.15) is 10.1 Å². The van der Waals surface area contributed by atoms with Gasteiger partial charge in [-0.2, -0.15) is 0 Å². The number of quaternary nitrogens is 1. The molecule has 0 aliphatic carbocycles. The van der Waals surface area contributed by atoms with Crippen LogP contribution < -0.4 is 5.32 Å². The SMILES string of the molecule is CCCCCCCCCCCCCCCCCC(=O)OCCCCCCCCCCC(=O)NCCC[N+](C)(C)CCS(=O)(=O)[O-].